The van der Waals surface area contributed by atoms with Crippen molar-refractivity contribution >= 4 is 29.4 Å². The molecule has 2 saturated heterocycles. The number of carbonyl (C=O) groups is 4. The number of piperidine rings is 2. The van der Waals surface area contributed by atoms with E-state index in [9.17, 15) is 19.2 Å². The zero-order valence-electron chi connectivity index (χ0n) is 25.9. The van der Waals surface area contributed by atoms with Crippen molar-refractivity contribution < 1.29 is 23.9 Å². The maximum Gasteiger partial charge on any atom is 0.268 e. The number of imide groups is 1. The van der Waals surface area contributed by atoms with Crippen molar-refractivity contribution in [3.63, 3.8) is 0 Å². The molecular formula is C33H41N7O5. The van der Waals surface area contributed by atoms with Crippen molar-refractivity contribution in [3.8, 4) is 5.75 Å². The summed E-state index contributed by atoms with van der Waals surface area (Å²) < 4.78 is 6.39. The summed E-state index contributed by atoms with van der Waals surface area (Å²) in [5.41, 5.74) is 6.64. The van der Waals surface area contributed by atoms with Crippen LogP contribution in [-0.4, -0.2) is 87.3 Å². The van der Waals surface area contributed by atoms with Crippen LogP contribution in [0.25, 0.3) is 0 Å². The van der Waals surface area contributed by atoms with Crippen molar-refractivity contribution in [2.45, 2.75) is 95.0 Å². The highest BCUT2D eigenvalue weighted by Gasteiger charge is 2.61. The van der Waals surface area contributed by atoms with Crippen LogP contribution in [0.4, 0.5) is 5.82 Å². The predicted octanol–water partition coefficient (Wildman–Crippen LogP) is 2.36. The number of hydrogen-bond donors (Lipinski definition) is 2. The Balaban J connectivity index is 0.931. The number of nitrogens with two attached hydrogens (primary N) is 1. The highest BCUT2D eigenvalue weighted by atomic mass is 16.5. The van der Waals surface area contributed by atoms with Gasteiger partial charge in [0.2, 0.25) is 11.8 Å². The monoisotopic (exact) mass is 615 g/mol. The molecule has 1 atom stereocenters. The van der Waals surface area contributed by atoms with E-state index < -0.39 is 17.5 Å². The number of fused-ring (bicyclic) bond motifs is 2. The van der Waals surface area contributed by atoms with E-state index in [4.69, 9.17) is 10.5 Å². The molecule has 2 aliphatic carbocycles. The van der Waals surface area contributed by atoms with E-state index in [-0.39, 0.29) is 35.9 Å². The molecular weight excluding hydrogens is 574 g/mol. The average molecular weight is 616 g/mol. The van der Waals surface area contributed by atoms with Crippen LogP contribution < -0.4 is 20.7 Å². The average Bonchev–Trinajstić information content (AvgIpc) is 3.76. The lowest BCUT2D eigenvalue weighted by Crippen LogP contribution is -2.55. The molecule has 4 fully saturated rings. The molecule has 4 heterocycles. The van der Waals surface area contributed by atoms with Crippen LogP contribution in [0.1, 0.15) is 91.6 Å². The summed E-state index contributed by atoms with van der Waals surface area (Å²) in [5.74, 6) is 0.706. The van der Waals surface area contributed by atoms with E-state index in [1.54, 1.807) is 11.1 Å². The smallest absolute Gasteiger partial charge is 0.268 e. The van der Waals surface area contributed by atoms with Gasteiger partial charge in [-0.1, -0.05) is 6.07 Å². The molecule has 0 bridgehead atoms. The number of hydrogen-bond acceptors (Lipinski definition) is 9. The first-order valence-corrected chi connectivity index (χ1v) is 16.2. The summed E-state index contributed by atoms with van der Waals surface area (Å²) in [6, 6.07) is 6.09. The van der Waals surface area contributed by atoms with Gasteiger partial charge in [0.15, 0.2) is 0 Å². The minimum Gasteiger partial charge on any atom is -0.490 e. The first-order valence-electron chi connectivity index (χ1n) is 16.2. The molecule has 1 aromatic carbocycles. The Kier molecular flexibility index (Phi) is 7.50. The largest absolute Gasteiger partial charge is 0.490 e. The second kappa shape index (κ2) is 11.4. The van der Waals surface area contributed by atoms with Crippen molar-refractivity contribution in [1.82, 2.24) is 25.1 Å². The number of benzene rings is 1. The van der Waals surface area contributed by atoms with Crippen LogP contribution in [-0.2, 0) is 15.1 Å². The second-order valence-corrected chi connectivity index (χ2v) is 13.6. The third-order valence-corrected chi connectivity index (χ3v) is 10.5. The summed E-state index contributed by atoms with van der Waals surface area (Å²) in [7, 11) is 0. The van der Waals surface area contributed by atoms with Crippen LogP contribution in [0.15, 0.2) is 30.6 Å². The van der Waals surface area contributed by atoms with E-state index in [0.29, 0.717) is 35.7 Å². The maximum atomic E-state index is 13.6. The summed E-state index contributed by atoms with van der Waals surface area (Å²) in [5, 5.41) is 2.41. The minimum atomic E-state index is -0.611. The lowest BCUT2D eigenvalue weighted by atomic mass is 9.85. The van der Waals surface area contributed by atoms with Crippen LogP contribution >= 0.6 is 0 Å². The Hall–Kier alpha value is -4.06. The Morgan fingerprint density at radius 3 is 2.49 bits per heavy atom. The number of anilines is 1. The molecule has 2 aromatic rings. The maximum absolute atomic E-state index is 13.6. The molecule has 12 nitrogen and oxygen atoms in total. The molecule has 2 saturated carbocycles. The van der Waals surface area contributed by atoms with Gasteiger partial charge in [-0.05, 0) is 69.6 Å². The van der Waals surface area contributed by atoms with Gasteiger partial charge in [0.1, 0.15) is 29.4 Å². The zero-order chi connectivity index (χ0) is 31.5. The van der Waals surface area contributed by atoms with Gasteiger partial charge in [0.05, 0.1) is 17.9 Å². The number of carbonyl (C=O) groups excluding carboxylic acids is 4. The van der Waals surface area contributed by atoms with Crippen molar-refractivity contribution in [3.05, 3.63) is 47.4 Å². The lowest BCUT2D eigenvalue weighted by Gasteiger charge is -2.46. The van der Waals surface area contributed by atoms with Gasteiger partial charge in [-0.25, -0.2) is 9.97 Å². The fourth-order valence-electron chi connectivity index (χ4n) is 7.76. The number of nitrogens with zero attached hydrogens (tertiary/aromatic N) is 5. The quantitative estimate of drug-likeness (QED) is 0.405. The molecule has 0 radical (unpaired) electrons. The Bertz CT molecular complexity index is 1510. The first kappa shape index (κ1) is 29.6. The van der Waals surface area contributed by atoms with E-state index >= 15 is 0 Å². The first-order chi connectivity index (χ1) is 21.6. The van der Waals surface area contributed by atoms with Crippen molar-refractivity contribution in [1.29, 1.82) is 0 Å². The van der Waals surface area contributed by atoms with Gasteiger partial charge in [0.25, 0.3) is 11.8 Å². The molecule has 1 aromatic heterocycles. The van der Waals surface area contributed by atoms with E-state index in [1.807, 2.05) is 18.2 Å². The fourth-order valence-corrected chi connectivity index (χ4v) is 7.76. The molecule has 12 heteroatoms. The molecule has 5 aliphatic rings. The van der Waals surface area contributed by atoms with Gasteiger partial charge >= 0.3 is 0 Å². The highest BCUT2D eigenvalue weighted by molar-refractivity contribution is 6.07. The van der Waals surface area contributed by atoms with Crippen LogP contribution in [0.2, 0.25) is 0 Å². The SMILES string of the molecule is CC(C)N(CC1CCN(c2cnc(C(N)=O)cn2)CC1)C1CC(Oc2ccc3c(c2)C(=O)N(C2CCC(=O)NC2=O)C32CC2)C1. The normalized spacial score (nSPS) is 25.9. The lowest BCUT2D eigenvalue weighted by molar-refractivity contribution is -0.137. The van der Waals surface area contributed by atoms with Crippen LogP contribution in [0, 0.1) is 5.92 Å². The number of aromatic nitrogens is 2. The molecule has 3 aliphatic heterocycles. The number of rotatable bonds is 9. The van der Waals surface area contributed by atoms with E-state index in [0.717, 1.165) is 69.5 Å². The molecule has 238 valence electrons. The van der Waals surface area contributed by atoms with Gasteiger partial charge in [0, 0.05) is 56.5 Å². The van der Waals surface area contributed by atoms with E-state index in [1.165, 1.54) is 6.20 Å². The second-order valence-electron chi connectivity index (χ2n) is 13.6. The van der Waals surface area contributed by atoms with Crippen molar-refractivity contribution in [2.24, 2.45) is 11.7 Å². The molecule has 3 N–H and O–H groups in total. The van der Waals surface area contributed by atoms with Gasteiger partial charge in [-0.15, -0.1) is 0 Å². The predicted molar refractivity (Wildman–Crippen MR) is 164 cm³/mol. The highest BCUT2D eigenvalue weighted by Crippen LogP contribution is 2.58. The Morgan fingerprint density at radius 2 is 1.87 bits per heavy atom. The van der Waals surface area contributed by atoms with E-state index in [2.05, 4.69) is 38.9 Å². The summed E-state index contributed by atoms with van der Waals surface area (Å²) in [6.45, 7) is 7.36. The molecule has 45 heavy (non-hydrogen) atoms. The molecule has 1 spiro atoms. The molecule has 1 unspecified atom stereocenters. The van der Waals surface area contributed by atoms with Crippen LogP contribution in [0.3, 0.4) is 0 Å². The fraction of sp³-hybridized carbons (Fsp3) is 0.576. The summed E-state index contributed by atoms with van der Waals surface area (Å²) >= 11 is 0. The van der Waals surface area contributed by atoms with Gasteiger partial charge in [-0.3, -0.25) is 29.4 Å². The van der Waals surface area contributed by atoms with Gasteiger partial charge in [-0.2, -0.15) is 0 Å². The number of nitrogens with one attached hydrogen (secondary N) is 1. The van der Waals surface area contributed by atoms with Gasteiger partial charge < -0.3 is 20.3 Å². The number of amides is 4. The summed E-state index contributed by atoms with van der Waals surface area (Å²) in [4.78, 5) is 64.4. The topological polar surface area (TPSA) is 151 Å². The molecule has 7 rings (SSSR count). The van der Waals surface area contributed by atoms with Crippen molar-refractivity contribution in [2.75, 3.05) is 24.5 Å². The third kappa shape index (κ3) is 5.43. The summed E-state index contributed by atoms with van der Waals surface area (Å²) in [6.07, 6.45) is 9.45. The zero-order valence-corrected chi connectivity index (χ0v) is 25.9. The van der Waals surface area contributed by atoms with Crippen LogP contribution in [0.5, 0.6) is 5.75 Å². The minimum absolute atomic E-state index is 0.0933. The number of ether oxygens (including phenoxy) is 1. The standard InChI is InChI=1S/C33H41N7O5/c1-19(2)39(18-20-7-11-38(12-8-20)28-17-35-26(16-36-28)30(34)42)21-13-23(14-21)45-22-3-4-25-24(15-22)32(44)40(33(25)9-10-33)27-5-6-29(41)37-31(27)43/h3-4,15-17,19-21,23,27H,5-14,18H2,1-2H3,(H2,34,42)(H,37,41,43). The Morgan fingerprint density at radius 1 is 1.11 bits per heavy atom. The third-order valence-electron chi connectivity index (χ3n) is 10.5. The molecule has 4 amide bonds. The Labute approximate surface area is 262 Å². The number of primary amides is 1.